The highest BCUT2D eigenvalue weighted by atomic mass is 16.5. The van der Waals surface area contributed by atoms with Crippen LogP contribution in [0.3, 0.4) is 0 Å². The van der Waals surface area contributed by atoms with Crippen LogP contribution in [0.1, 0.15) is 28.3 Å². The SMILES string of the molecule is COc1cc2c(c(O)c1OC)[C@@H]1Cc3ccc(OC)c(OC)c3C[N@+]1(C)CC2. The molecule has 150 valence electrons. The van der Waals surface area contributed by atoms with Crippen LogP contribution in [0, 0.1) is 0 Å². The second kappa shape index (κ2) is 6.78. The molecule has 0 fully saturated rings. The van der Waals surface area contributed by atoms with E-state index in [0.717, 1.165) is 53.0 Å². The molecule has 0 saturated heterocycles. The van der Waals surface area contributed by atoms with Gasteiger partial charge in [0.25, 0.3) is 0 Å². The fraction of sp³-hybridized carbons (Fsp3) is 0.455. The van der Waals surface area contributed by atoms with Crippen LogP contribution >= 0.6 is 0 Å². The molecule has 0 aliphatic carbocycles. The minimum atomic E-state index is 0.147. The molecule has 2 aromatic rings. The van der Waals surface area contributed by atoms with E-state index < -0.39 is 0 Å². The summed E-state index contributed by atoms with van der Waals surface area (Å²) in [5.74, 6) is 2.78. The molecule has 2 atom stereocenters. The Bertz CT molecular complexity index is 926. The molecule has 4 rings (SSSR count). The van der Waals surface area contributed by atoms with Crippen LogP contribution in [-0.2, 0) is 19.4 Å². The zero-order chi connectivity index (χ0) is 20.1. The molecule has 0 amide bonds. The first kappa shape index (κ1) is 18.7. The molecular weight excluding hydrogens is 358 g/mol. The summed E-state index contributed by atoms with van der Waals surface area (Å²) in [5, 5.41) is 11.1. The Balaban J connectivity index is 1.87. The Kier molecular flexibility index (Phi) is 4.54. The predicted molar refractivity (Wildman–Crippen MR) is 106 cm³/mol. The number of ether oxygens (including phenoxy) is 4. The van der Waals surface area contributed by atoms with Crippen molar-refractivity contribution in [3.8, 4) is 28.7 Å². The minimum Gasteiger partial charge on any atom is -0.504 e. The van der Waals surface area contributed by atoms with Gasteiger partial charge in [0.1, 0.15) is 12.6 Å². The van der Waals surface area contributed by atoms with Gasteiger partial charge >= 0.3 is 0 Å². The van der Waals surface area contributed by atoms with Crippen LogP contribution < -0.4 is 18.9 Å². The van der Waals surface area contributed by atoms with Gasteiger partial charge in [0.05, 0.1) is 53.2 Å². The molecule has 6 nitrogen and oxygen atoms in total. The van der Waals surface area contributed by atoms with Gasteiger partial charge in [-0.15, -0.1) is 0 Å². The number of rotatable bonds is 4. The van der Waals surface area contributed by atoms with E-state index in [4.69, 9.17) is 18.9 Å². The zero-order valence-electron chi connectivity index (χ0n) is 17.2. The summed E-state index contributed by atoms with van der Waals surface area (Å²) in [7, 11) is 8.78. The number of fused-ring (bicyclic) bond motifs is 4. The van der Waals surface area contributed by atoms with Crippen LogP contribution in [-0.4, -0.2) is 51.6 Å². The summed E-state index contributed by atoms with van der Waals surface area (Å²) < 4.78 is 22.9. The molecule has 1 N–H and O–H groups in total. The molecule has 0 saturated carbocycles. The maximum atomic E-state index is 11.1. The number of methoxy groups -OCH3 is 4. The van der Waals surface area contributed by atoms with Crippen molar-refractivity contribution < 1.29 is 28.5 Å². The van der Waals surface area contributed by atoms with Crippen molar-refractivity contribution in [3.05, 3.63) is 40.5 Å². The van der Waals surface area contributed by atoms with Crippen molar-refractivity contribution in [2.75, 3.05) is 42.0 Å². The molecular formula is C22H28NO5+. The molecule has 2 aliphatic heterocycles. The molecule has 2 heterocycles. The summed E-state index contributed by atoms with van der Waals surface area (Å²) in [6, 6.07) is 6.24. The Morgan fingerprint density at radius 2 is 1.64 bits per heavy atom. The van der Waals surface area contributed by atoms with Crippen LogP contribution in [0.5, 0.6) is 28.7 Å². The zero-order valence-corrected chi connectivity index (χ0v) is 17.2. The fourth-order valence-corrected chi connectivity index (χ4v) is 4.94. The van der Waals surface area contributed by atoms with Crippen molar-refractivity contribution >= 4 is 0 Å². The quantitative estimate of drug-likeness (QED) is 0.818. The van der Waals surface area contributed by atoms with E-state index >= 15 is 0 Å². The minimum absolute atomic E-state index is 0.147. The molecule has 0 bridgehead atoms. The van der Waals surface area contributed by atoms with E-state index in [1.54, 1.807) is 28.4 Å². The van der Waals surface area contributed by atoms with Crippen molar-refractivity contribution in [1.82, 2.24) is 0 Å². The second-order valence-corrected chi connectivity index (χ2v) is 7.80. The van der Waals surface area contributed by atoms with Crippen molar-refractivity contribution in [1.29, 1.82) is 0 Å². The van der Waals surface area contributed by atoms with Crippen molar-refractivity contribution in [3.63, 3.8) is 0 Å². The van der Waals surface area contributed by atoms with Gasteiger partial charge in [-0.1, -0.05) is 6.07 Å². The van der Waals surface area contributed by atoms with E-state index in [2.05, 4.69) is 13.1 Å². The standard InChI is InChI=1S/C22H27NO5/c1-23-9-8-14-11-18(26-3)22(28-5)20(24)19(14)16(23)10-13-6-7-17(25-2)21(27-4)15(13)12-23/h6-7,11,16H,8-10,12H2,1-5H3/p+1/t16-,23-/m0/s1. The van der Waals surface area contributed by atoms with Gasteiger partial charge in [-0.2, -0.15) is 0 Å². The number of phenolic OH excluding ortho intramolecular Hbond substituents is 1. The number of likely N-dealkylation sites (N-methyl/N-ethyl adjacent to an activating group) is 1. The first-order valence-electron chi connectivity index (χ1n) is 9.51. The third-order valence-corrected chi connectivity index (χ3v) is 6.42. The molecule has 2 aliphatic rings. The fourth-order valence-electron chi connectivity index (χ4n) is 4.94. The Morgan fingerprint density at radius 1 is 0.929 bits per heavy atom. The molecule has 6 heteroatoms. The Labute approximate surface area is 165 Å². The number of hydrogen-bond donors (Lipinski definition) is 1. The maximum Gasteiger partial charge on any atom is 0.203 e. The molecule has 0 radical (unpaired) electrons. The van der Waals surface area contributed by atoms with Gasteiger partial charge in [0.2, 0.25) is 5.75 Å². The van der Waals surface area contributed by atoms with Gasteiger partial charge in [-0.25, -0.2) is 0 Å². The third-order valence-electron chi connectivity index (χ3n) is 6.42. The van der Waals surface area contributed by atoms with Crippen molar-refractivity contribution in [2.45, 2.75) is 25.4 Å². The van der Waals surface area contributed by atoms with Gasteiger partial charge in [0.15, 0.2) is 23.0 Å². The summed E-state index contributed by atoms with van der Waals surface area (Å²) in [5.41, 5.74) is 4.55. The largest absolute Gasteiger partial charge is 0.504 e. The molecule has 0 unspecified atom stereocenters. The average molecular weight is 386 g/mol. The van der Waals surface area contributed by atoms with Gasteiger partial charge in [0, 0.05) is 12.8 Å². The van der Waals surface area contributed by atoms with E-state index in [9.17, 15) is 5.11 Å². The molecule has 0 aromatic heterocycles. The number of nitrogens with zero attached hydrogens (tertiary/aromatic N) is 1. The average Bonchev–Trinajstić information content (AvgIpc) is 2.70. The molecule has 2 aromatic carbocycles. The first-order chi connectivity index (χ1) is 13.5. The summed E-state index contributed by atoms with van der Waals surface area (Å²) in [6.45, 7) is 1.81. The smallest absolute Gasteiger partial charge is 0.203 e. The van der Waals surface area contributed by atoms with Crippen LogP contribution in [0.25, 0.3) is 0 Å². The lowest BCUT2D eigenvalue weighted by Gasteiger charge is -2.49. The summed E-state index contributed by atoms with van der Waals surface area (Å²) >= 11 is 0. The normalized spacial score (nSPS) is 22.5. The maximum absolute atomic E-state index is 11.1. The topological polar surface area (TPSA) is 57.2 Å². The van der Waals surface area contributed by atoms with Crippen LogP contribution in [0.4, 0.5) is 0 Å². The van der Waals surface area contributed by atoms with E-state index in [1.165, 1.54) is 11.1 Å². The van der Waals surface area contributed by atoms with E-state index in [0.29, 0.717) is 11.5 Å². The summed E-state index contributed by atoms with van der Waals surface area (Å²) in [4.78, 5) is 0. The highest BCUT2D eigenvalue weighted by molar-refractivity contribution is 5.60. The second-order valence-electron chi connectivity index (χ2n) is 7.80. The van der Waals surface area contributed by atoms with Gasteiger partial charge < -0.3 is 28.5 Å². The lowest BCUT2D eigenvalue weighted by molar-refractivity contribution is -0.956. The number of quaternary nitrogens is 1. The number of benzene rings is 2. The van der Waals surface area contributed by atoms with Gasteiger partial charge in [-0.05, 0) is 23.3 Å². The number of hydrogen-bond acceptors (Lipinski definition) is 5. The molecule has 28 heavy (non-hydrogen) atoms. The Morgan fingerprint density at radius 3 is 2.29 bits per heavy atom. The molecule has 0 spiro atoms. The lowest BCUT2D eigenvalue weighted by atomic mass is 9.81. The van der Waals surface area contributed by atoms with E-state index in [-0.39, 0.29) is 11.8 Å². The monoisotopic (exact) mass is 386 g/mol. The van der Waals surface area contributed by atoms with Crippen molar-refractivity contribution in [2.24, 2.45) is 0 Å². The third kappa shape index (κ3) is 2.58. The van der Waals surface area contributed by atoms with Crippen LogP contribution in [0.15, 0.2) is 18.2 Å². The number of aromatic hydroxyl groups is 1. The highest BCUT2D eigenvalue weighted by Gasteiger charge is 2.46. The van der Waals surface area contributed by atoms with Gasteiger partial charge in [-0.3, -0.25) is 0 Å². The lowest BCUT2D eigenvalue weighted by Crippen LogP contribution is -2.53. The number of phenols is 1. The highest BCUT2D eigenvalue weighted by Crippen LogP contribution is 2.53. The summed E-state index contributed by atoms with van der Waals surface area (Å²) in [6.07, 6.45) is 1.69. The predicted octanol–water partition coefficient (Wildman–Crippen LogP) is 3.23. The van der Waals surface area contributed by atoms with E-state index in [1.807, 2.05) is 12.1 Å². The Hall–Kier alpha value is -2.60. The van der Waals surface area contributed by atoms with Crippen LogP contribution in [0.2, 0.25) is 0 Å². The first-order valence-corrected chi connectivity index (χ1v) is 9.51.